The maximum absolute atomic E-state index is 9.90. The Hall–Kier alpha value is -2.20. The SMILES string of the molecule is CCCn1c(NCc2cc(Cl)ccc2O)nc2ccccc21. The third kappa shape index (κ3) is 2.88. The van der Waals surface area contributed by atoms with Crippen molar-refractivity contribution in [2.75, 3.05) is 5.32 Å². The lowest BCUT2D eigenvalue weighted by Gasteiger charge is -2.11. The Kier molecular flexibility index (Phi) is 4.20. The molecule has 5 heteroatoms. The van der Waals surface area contributed by atoms with Gasteiger partial charge in [0.15, 0.2) is 0 Å². The summed E-state index contributed by atoms with van der Waals surface area (Å²) in [7, 11) is 0. The number of aryl methyl sites for hydroxylation is 1. The number of phenols is 1. The number of nitrogens with zero attached hydrogens (tertiary/aromatic N) is 2. The first-order valence-corrected chi connectivity index (χ1v) is 7.73. The van der Waals surface area contributed by atoms with E-state index in [0.29, 0.717) is 11.6 Å². The number of rotatable bonds is 5. The van der Waals surface area contributed by atoms with Gasteiger partial charge in [0.25, 0.3) is 0 Å². The summed E-state index contributed by atoms with van der Waals surface area (Å²) in [6, 6.07) is 13.1. The third-order valence-corrected chi connectivity index (χ3v) is 3.82. The van der Waals surface area contributed by atoms with Crippen molar-refractivity contribution in [1.29, 1.82) is 0 Å². The highest BCUT2D eigenvalue weighted by Crippen LogP contribution is 2.24. The number of para-hydroxylation sites is 2. The Labute approximate surface area is 134 Å². The molecule has 1 aromatic heterocycles. The molecule has 0 unspecified atom stereocenters. The van der Waals surface area contributed by atoms with Crippen molar-refractivity contribution in [2.45, 2.75) is 26.4 Å². The van der Waals surface area contributed by atoms with E-state index in [4.69, 9.17) is 11.6 Å². The molecule has 0 aliphatic carbocycles. The van der Waals surface area contributed by atoms with Crippen molar-refractivity contribution in [2.24, 2.45) is 0 Å². The zero-order valence-electron chi connectivity index (χ0n) is 12.4. The molecular formula is C17H18ClN3O. The van der Waals surface area contributed by atoms with Crippen LogP contribution in [0, 0.1) is 0 Å². The van der Waals surface area contributed by atoms with Gasteiger partial charge in [-0.2, -0.15) is 0 Å². The molecule has 0 fully saturated rings. The van der Waals surface area contributed by atoms with Crippen LogP contribution >= 0.6 is 11.6 Å². The highest BCUT2D eigenvalue weighted by molar-refractivity contribution is 6.30. The van der Waals surface area contributed by atoms with Gasteiger partial charge in [0.1, 0.15) is 5.75 Å². The molecular weight excluding hydrogens is 298 g/mol. The first kappa shape index (κ1) is 14.7. The van der Waals surface area contributed by atoms with Gasteiger partial charge in [0.2, 0.25) is 5.95 Å². The predicted molar refractivity (Wildman–Crippen MR) is 90.5 cm³/mol. The number of aromatic nitrogens is 2. The van der Waals surface area contributed by atoms with Crippen LogP contribution in [-0.4, -0.2) is 14.7 Å². The number of imidazole rings is 1. The molecule has 3 rings (SSSR count). The normalized spacial score (nSPS) is 11.0. The average Bonchev–Trinajstić information content (AvgIpc) is 2.87. The van der Waals surface area contributed by atoms with E-state index in [-0.39, 0.29) is 5.75 Å². The molecule has 0 radical (unpaired) electrons. The molecule has 0 spiro atoms. The largest absolute Gasteiger partial charge is 0.508 e. The summed E-state index contributed by atoms with van der Waals surface area (Å²) in [5.41, 5.74) is 2.83. The van der Waals surface area contributed by atoms with E-state index in [9.17, 15) is 5.11 Å². The molecule has 22 heavy (non-hydrogen) atoms. The number of hydrogen-bond donors (Lipinski definition) is 2. The lowest BCUT2D eigenvalue weighted by molar-refractivity contribution is 0.469. The standard InChI is InChI=1S/C17H18ClN3O/c1-2-9-21-15-6-4-3-5-14(15)20-17(21)19-11-12-10-13(18)7-8-16(12)22/h3-8,10,22H,2,9,11H2,1H3,(H,19,20). The van der Waals surface area contributed by atoms with Crippen molar-refractivity contribution in [3.8, 4) is 5.75 Å². The van der Waals surface area contributed by atoms with Crippen LogP contribution in [0.25, 0.3) is 11.0 Å². The van der Waals surface area contributed by atoms with E-state index in [2.05, 4.69) is 27.9 Å². The molecule has 0 saturated heterocycles. The Morgan fingerprint density at radius 1 is 1.23 bits per heavy atom. The van der Waals surface area contributed by atoms with Crippen LogP contribution in [0.5, 0.6) is 5.75 Å². The molecule has 1 heterocycles. The van der Waals surface area contributed by atoms with E-state index >= 15 is 0 Å². The van der Waals surface area contributed by atoms with Gasteiger partial charge in [-0.05, 0) is 36.8 Å². The van der Waals surface area contributed by atoms with Gasteiger partial charge >= 0.3 is 0 Å². The molecule has 0 saturated carbocycles. The summed E-state index contributed by atoms with van der Waals surface area (Å²) in [6.07, 6.45) is 1.03. The molecule has 0 aliphatic heterocycles. The third-order valence-electron chi connectivity index (χ3n) is 3.58. The summed E-state index contributed by atoms with van der Waals surface area (Å²) in [5, 5.41) is 13.8. The number of hydrogen-bond acceptors (Lipinski definition) is 3. The van der Waals surface area contributed by atoms with Crippen LogP contribution in [0.2, 0.25) is 5.02 Å². The lowest BCUT2D eigenvalue weighted by atomic mass is 10.2. The minimum atomic E-state index is 0.232. The number of anilines is 1. The van der Waals surface area contributed by atoms with Crippen molar-refractivity contribution >= 4 is 28.6 Å². The van der Waals surface area contributed by atoms with Crippen LogP contribution in [0.1, 0.15) is 18.9 Å². The van der Waals surface area contributed by atoms with E-state index in [1.54, 1.807) is 18.2 Å². The molecule has 0 atom stereocenters. The smallest absolute Gasteiger partial charge is 0.204 e. The molecule has 4 nitrogen and oxygen atoms in total. The van der Waals surface area contributed by atoms with E-state index in [1.807, 2.05) is 18.2 Å². The lowest BCUT2D eigenvalue weighted by Crippen LogP contribution is -2.07. The van der Waals surface area contributed by atoms with Crippen LogP contribution in [0.3, 0.4) is 0 Å². The number of aromatic hydroxyl groups is 1. The zero-order chi connectivity index (χ0) is 15.5. The quantitative estimate of drug-likeness (QED) is 0.733. The summed E-state index contributed by atoms with van der Waals surface area (Å²) < 4.78 is 2.16. The van der Waals surface area contributed by atoms with Gasteiger partial charge in [0, 0.05) is 23.7 Å². The molecule has 3 aromatic rings. The highest BCUT2D eigenvalue weighted by Gasteiger charge is 2.10. The van der Waals surface area contributed by atoms with Crippen molar-refractivity contribution in [3.05, 3.63) is 53.1 Å². The van der Waals surface area contributed by atoms with Crippen molar-refractivity contribution in [1.82, 2.24) is 9.55 Å². The van der Waals surface area contributed by atoms with Gasteiger partial charge in [-0.25, -0.2) is 4.98 Å². The second-order valence-electron chi connectivity index (χ2n) is 5.20. The fourth-order valence-electron chi connectivity index (χ4n) is 2.53. The molecule has 2 N–H and O–H groups in total. The maximum Gasteiger partial charge on any atom is 0.204 e. The first-order valence-electron chi connectivity index (χ1n) is 7.35. The van der Waals surface area contributed by atoms with E-state index in [0.717, 1.165) is 35.5 Å². The number of benzene rings is 2. The maximum atomic E-state index is 9.90. The molecule has 114 valence electrons. The Morgan fingerprint density at radius 2 is 2.05 bits per heavy atom. The second kappa shape index (κ2) is 6.28. The van der Waals surface area contributed by atoms with Crippen LogP contribution in [0.15, 0.2) is 42.5 Å². The summed E-state index contributed by atoms with van der Waals surface area (Å²) in [4.78, 5) is 4.64. The number of fused-ring (bicyclic) bond motifs is 1. The molecule has 0 bridgehead atoms. The molecule has 2 aromatic carbocycles. The minimum Gasteiger partial charge on any atom is -0.508 e. The first-order chi connectivity index (χ1) is 10.7. The fourth-order valence-corrected chi connectivity index (χ4v) is 2.73. The summed E-state index contributed by atoms with van der Waals surface area (Å²) >= 11 is 5.98. The van der Waals surface area contributed by atoms with Crippen LogP contribution in [-0.2, 0) is 13.1 Å². The van der Waals surface area contributed by atoms with Crippen LogP contribution < -0.4 is 5.32 Å². The zero-order valence-corrected chi connectivity index (χ0v) is 13.1. The average molecular weight is 316 g/mol. The monoisotopic (exact) mass is 315 g/mol. The van der Waals surface area contributed by atoms with Crippen LogP contribution in [0.4, 0.5) is 5.95 Å². The van der Waals surface area contributed by atoms with Gasteiger partial charge in [0.05, 0.1) is 11.0 Å². The van der Waals surface area contributed by atoms with Crippen molar-refractivity contribution in [3.63, 3.8) is 0 Å². The second-order valence-corrected chi connectivity index (χ2v) is 5.64. The molecule has 0 aliphatic rings. The number of halogens is 1. The van der Waals surface area contributed by atoms with Gasteiger partial charge < -0.3 is 15.0 Å². The van der Waals surface area contributed by atoms with Gasteiger partial charge in [-0.3, -0.25) is 0 Å². The summed E-state index contributed by atoms with van der Waals surface area (Å²) in [5.74, 6) is 1.04. The summed E-state index contributed by atoms with van der Waals surface area (Å²) in [6.45, 7) is 3.51. The Balaban J connectivity index is 1.90. The topological polar surface area (TPSA) is 50.1 Å². The minimum absolute atomic E-state index is 0.232. The van der Waals surface area contributed by atoms with E-state index < -0.39 is 0 Å². The Morgan fingerprint density at radius 3 is 2.86 bits per heavy atom. The van der Waals surface area contributed by atoms with E-state index in [1.165, 1.54) is 0 Å². The highest BCUT2D eigenvalue weighted by atomic mass is 35.5. The predicted octanol–water partition coefficient (Wildman–Crippen LogP) is 4.42. The number of nitrogens with one attached hydrogen (secondary N) is 1. The fraction of sp³-hybridized carbons (Fsp3) is 0.235. The van der Waals surface area contributed by atoms with Crippen molar-refractivity contribution < 1.29 is 5.11 Å². The Bertz CT molecular complexity index is 798. The van der Waals surface area contributed by atoms with Gasteiger partial charge in [-0.15, -0.1) is 0 Å². The molecule has 0 amide bonds. The van der Waals surface area contributed by atoms with Gasteiger partial charge in [-0.1, -0.05) is 30.7 Å². The number of phenolic OH excluding ortho intramolecular Hbond substituents is 1.